The van der Waals surface area contributed by atoms with Gasteiger partial charge in [-0.1, -0.05) is 20.4 Å². The fourth-order valence-electron chi connectivity index (χ4n) is 1.11. The lowest BCUT2D eigenvalue weighted by atomic mass is 10.1. The molecule has 1 unspecified atom stereocenters. The zero-order chi connectivity index (χ0) is 14.3. The second-order valence-electron chi connectivity index (χ2n) is 4.04. The van der Waals surface area contributed by atoms with E-state index in [9.17, 15) is 8.78 Å². The van der Waals surface area contributed by atoms with Gasteiger partial charge in [0.15, 0.2) is 11.6 Å². The fourth-order valence-corrected chi connectivity index (χ4v) is 1.11. The molecule has 3 nitrogen and oxygen atoms in total. The van der Waals surface area contributed by atoms with Gasteiger partial charge in [-0.3, -0.25) is 5.41 Å². The third kappa shape index (κ3) is 5.61. The predicted molar refractivity (Wildman–Crippen MR) is 69.5 cm³/mol. The Bertz CT molecular complexity index is 382. The van der Waals surface area contributed by atoms with Crippen molar-refractivity contribution in [1.82, 2.24) is 0 Å². The van der Waals surface area contributed by atoms with Crippen molar-refractivity contribution >= 4 is 5.84 Å². The lowest BCUT2D eigenvalue weighted by Gasteiger charge is -2.12. The van der Waals surface area contributed by atoms with Gasteiger partial charge in [0.1, 0.15) is 18.3 Å². The molecule has 0 aromatic rings. The van der Waals surface area contributed by atoms with Gasteiger partial charge in [-0.25, -0.2) is 8.78 Å². The summed E-state index contributed by atoms with van der Waals surface area (Å²) in [7, 11) is 0. The number of ether oxygens (including phenoxy) is 1. The average molecular weight is 258 g/mol. The highest BCUT2D eigenvalue weighted by molar-refractivity contribution is 5.92. The quantitative estimate of drug-likeness (QED) is 0.317. The number of hydrogen-bond acceptors (Lipinski definition) is 2. The lowest BCUT2D eigenvalue weighted by Crippen LogP contribution is -2.17. The van der Waals surface area contributed by atoms with Crippen molar-refractivity contribution in [2.75, 3.05) is 6.61 Å². The van der Waals surface area contributed by atoms with E-state index in [0.717, 1.165) is 13.3 Å². The van der Waals surface area contributed by atoms with Crippen LogP contribution >= 0.6 is 0 Å². The molecule has 0 saturated heterocycles. The first kappa shape index (κ1) is 16.4. The van der Waals surface area contributed by atoms with Crippen LogP contribution in [0.4, 0.5) is 8.78 Å². The minimum Gasteiger partial charge on any atom is -0.485 e. The smallest absolute Gasteiger partial charge is 0.158 e. The highest BCUT2D eigenvalue weighted by atomic mass is 19.1. The summed E-state index contributed by atoms with van der Waals surface area (Å²) in [6.45, 7) is 7.71. The van der Waals surface area contributed by atoms with Crippen LogP contribution in [0.5, 0.6) is 0 Å². The van der Waals surface area contributed by atoms with Crippen LogP contribution in [0.1, 0.15) is 27.2 Å². The van der Waals surface area contributed by atoms with E-state index in [0.29, 0.717) is 0 Å². The molecule has 0 heterocycles. The monoisotopic (exact) mass is 258 g/mol. The van der Waals surface area contributed by atoms with Gasteiger partial charge in [-0.15, -0.1) is 0 Å². The predicted octanol–water partition coefficient (Wildman–Crippen LogP) is 3.60. The molecule has 0 aromatic carbocycles. The molecular weight excluding hydrogens is 238 g/mol. The maximum absolute atomic E-state index is 13.0. The second-order valence-corrected chi connectivity index (χ2v) is 4.04. The van der Waals surface area contributed by atoms with E-state index in [1.807, 2.05) is 13.8 Å². The molecular formula is C13H20F2N2O. The van der Waals surface area contributed by atoms with Crippen LogP contribution in [0, 0.1) is 11.3 Å². The first-order valence-corrected chi connectivity index (χ1v) is 5.68. The summed E-state index contributed by atoms with van der Waals surface area (Å²) in [4.78, 5) is 0. The van der Waals surface area contributed by atoms with E-state index < -0.39 is 11.7 Å². The Hall–Kier alpha value is -1.65. The lowest BCUT2D eigenvalue weighted by molar-refractivity contribution is 0.251. The Labute approximate surface area is 107 Å². The zero-order valence-corrected chi connectivity index (χ0v) is 11.0. The minimum atomic E-state index is -0.888. The molecule has 0 amide bonds. The average Bonchev–Trinajstić information content (AvgIpc) is 2.26. The molecule has 102 valence electrons. The maximum atomic E-state index is 13.0. The van der Waals surface area contributed by atoms with Crippen molar-refractivity contribution in [3.8, 4) is 0 Å². The van der Waals surface area contributed by atoms with Crippen molar-refractivity contribution in [1.29, 1.82) is 5.41 Å². The number of hydrogen-bond donors (Lipinski definition) is 2. The zero-order valence-electron chi connectivity index (χ0n) is 11.0. The third-order valence-corrected chi connectivity index (χ3v) is 2.46. The molecule has 1 atom stereocenters. The van der Waals surface area contributed by atoms with E-state index in [4.69, 9.17) is 15.9 Å². The van der Waals surface area contributed by atoms with Gasteiger partial charge >= 0.3 is 0 Å². The van der Waals surface area contributed by atoms with E-state index >= 15 is 0 Å². The summed E-state index contributed by atoms with van der Waals surface area (Å²) in [5.41, 5.74) is 5.08. The molecule has 0 spiro atoms. The van der Waals surface area contributed by atoms with Gasteiger partial charge in [0.25, 0.3) is 0 Å². The summed E-state index contributed by atoms with van der Waals surface area (Å²) in [5.74, 6) is -1.56. The van der Waals surface area contributed by atoms with Crippen LogP contribution in [0.2, 0.25) is 0 Å². The van der Waals surface area contributed by atoms with Crippen LogP contribution in [-0.2, 0) is 4.74 Å². The highest BCUT2D eigenvalue weighted by Crippen LogP contribution is 2.18. The Kier molecular flexibility index (Phi) is 6.93. The summed E-state index contributed by atoms with van der Waals surface area (Å²) >= 11 is 0. The van der Waals surface area contributed by atoms with E-state index in [-0.39, 0.29) is 29.7 Å². The highest BCUT2D eigenvalue weighted by Gasteiger charge is 2.11. The summed E-state index contributed by atoms with van der Waals surface area (Å²) < 4.78 is 31.1. The molecule has 0 aliphatic heterocycles. The summed E-state index contributed by atoms with van der Waals surface area (Å²) in [5, 5.41) is 7.34. The van der Waals surface area contributed by atoms with Crippen LogP contribution in [0.25, 0.3) is 0 Å². The summed E-state index contributed by atoms with van der Waals surface area (Å²) in [6.07, 6.45) is 2.51. The van der Waals surface area contributed by atoms with E-state index in [1.54, 1.807) is 6.08 Å². The van der Waals surface area contributed by atoms with Crippen molar-refractivity contribution in [3.63, 3.8) is 0 Å². The number of halogens is 2. The van der Waals surface area contributed by atoms with Crippen molar-refractivity contribution < 1.29 is 13.5 Å². The first-order valence-electron chi connectivity index (χ1n) is 5.68. The van der Waals surface area contributed by atoms with Gasteiger partial charge in [0.2, 0.25) is 0 Å². The van der Waals surface area contributed by atoms with E-state index in [2.05, 4.69) is 6.58 Å². The standard InChI is InChI=1S/C13H20F2N2O/c1-5-8(2)6-12(13(16)17)18-7-11(9(3)14)10(4)15/h6,8H,3,5,7H2,1-2,4H3,(H3,16,17)/b11-10?,12-6+. The van der Waals surface area contributed by atoms with Gasteiger partial charge in [-0.2, -0.15) is 0 Å². The van der Waals surface area contributed by atoms with Gasteiger partial charge in [0.05, 0.1) is 5.57 Å². The number of nitrogens with two attached hydrogens (primary N) is 1. The topological polar surface area (TPSA) is 59.1 Å². The molecule has 5 heteroatoms. The maximum Gasteiger partial charge on any atom is 0.158 e. The Morgan fingerprint density at radius 3 is 2.39 bits per heavy atom. The van der Waals surface area contributed by atoms with Crippen molar-refractivity contribution in [2.45, 2.75) is 27.2 Å². The molecule has 0 saturated carbocycles. The number of allylic oxidation sites excluding steroid dienone is 2. The molecule has 0 radical (unpaired) electrons. The Morgan fingerprint density at radius 1 is 1.50 bits per heavy atom. The third-order valence-electron chi connectivity index (χ3n) is 2.46. The number of amidine groups is 1. The van der Waals surface area contributed by atoms with Crippen LogP contribution in [0.3, 0.4) is 0 Å². The molecule has 0 fully saturated rings. The van der Waals surface area contributed by atoms with Gasteiger partial charge in [0, 0.05) is 0 Å². The van der Waals surface area contributed by atoms with Gasteiger partial charge in [-0.05, 0) is 25.3 Å². The molecule has 0 rings (SSSR count). The summed E-state index contributed by atoms with van der Waals surface area (Å²) in [6, 6.07) is 0. The Morgan fingerprint density at radius 2 is 2.06 bits per heavy atom. The normalized spacial score (nSPS) is 14.8. The SMILES string of the molecule is C=C(F)C(CO/C(=C/C(C)CC)C(=N)N)=C(C)F. The molecule has 0 bridgehead atoms. The van der Waals surface area contributed by atoms with Crippen molar-refractivity contribution in [2.24, 2.45) is 11.7 Å². The molecule has 0 aliphatic rings. The fraction of sp³-hybridized carbons (Fsp3) is 0.462. The van der Waals surface area contributed by atoms with Gasteiger partial charge < -0.3 is 10.5 Å². The second kappa shape index (κ2) is 7.63. The minimum absolute atomic E-state index is 0.129. The molecule has 0 aliphatic carbocycles. The first-order chi connectivity index (χ1) is 8.29. The van der Waals surface area contributed by atoms with Crippen LogP contribution in [-0.4, -0.2) is 12.4 Å². The number of nitrogens with one attached hydrogen (secondary N) is 1. The van der Waals surface area contributed by atoms with Crippen LogP contribution in [0.15, 0.2) is 35.6 Å². The molecule has 0 aromatic heterocycles. The van der Waals surface area contributed by atoms with Crippen LogP contribution < -0.4 is 5.73 Å². The molecule has 18 heavy (non-hydrogen) atoms. The Balaban J connectivity index is 4.84. The molecule has 3 N–H and O–H groups in total. The van der Waals surface area contributed by atoms with E-state index in [1.165, 1.54) is 0 Å². The largest absolute Gasteiger partial charge is 0.485 e. The van der Waals surface area contributed by atoms with Crippen molar-refractivity contribution in [3.05, 3.63) is 35.6 Å². The number of rotatable bonds is 7.